The molecule has 36 heavy (non-hydrogen) atoms. The van der Waals surface area contributed by atoms with Gasteiger partial charge in [-0.05, 0) is 61.2 Å². The van der Waals surface area contributed by atoms with Gasteiger partial charge in [-0.3, -0.25) is 0 Å². The standard InChI is InChI=1S/C31H34NO4/c1-7-23-24-10-11-27(33-4)31(36-18-22-14-19(2)8-9-20(22)3)26(24)17-32-13-12-21-15-28(34-5)29(35-6)16-25(21)30(23)32/h8-11,14-17H,7,12-13,18H2,1-6H3/q+1. The summed E-state index contributed by atoms with van der Waals surface area (Å²) >= 11 is 0. The minimum atomic E-state index is 0.492. The Morgan fingerprint density at radius 2 is 1.58 bits per heavy atom. The van der Waals surface area contributed by atoms with Crippen molar-refractivity contribution < 1.29 is 23.5 Å². The zero-order chi connectivity index (χ0) is 25.4. The Bertz CT molecular complexity index is 1460. The van der Waals surface area contributed by atoms with Crippen molar-refractivity contribution in [3.63, 3.8) is 0 Å². The third kappa shape index (κ3) is 4.02. The molecule has 4 aromatic rings. The Balaban J connectivity index is 1.68. The van der Waals surface area contributed by atoms with Gasteiger partial charge in [0.25, 0.3) is 0 Å². The summed E-state index contributed by atoms with van der Waals surface area (Å²) in [5, 5.41) is 2.26. The molecule has 5 heteroatoms. The Morgan fingerprint density at radius 3 is 2.31 bits per heavy atom. The van der Waals surface area contributed by atoms with Gasteiger partial charge in [-0.15, -0.1) is 0 Å². The molecule has 0 atom stereocenters. The lowest BCUT2D eigenvalue weighted by Gasteiger charge is -2.22. The van der Waals surface area contributed by atoms with E-state index in [1.807, 2.05) is 6.07 Å². The summed E-state index contributed by atoms with van der Waals surface area (Å²) in [6.45, 7) is 7.83. The van der Waals surface area contributed by atoms with Gasteiger partial charge in [0.1, 0.15) is 6.61 Å². The zero-order valence-corrected chi connectivity index (χ0v) is 22.0. The number of hydrogen-bond donors (Lipinski definition) is 0. The second kappa shape index (κ2) is 9.73. The lowest BCUT2D eigenvalue weighted by atomic mass is 9.90. The van der Waals surface area contributed by atoms with Gasteiger partial charge in [-0.1, -0.05) is 30.7 Å². The van der Waals surface area contributed by atoms with Gasteiger partial charge in [-0.25, -0.2) is 0 Å². The summed E-state index contributed by atoms with van der Waals surface area (Å²) in [4.78, 5) is 0. The van der Waals surface area contributed by atoms with Gasteiger partial charge in [0.15, 0.2) is 35.7 Å². The van der Waals surface area contributed by atoms with Crippen LogP contribution in [0.3, 0.4) is 0 Å². The molecular formula is C31H34NO4+. The summed E-state index contributed by atoms with van der Waals surface area (Å²) in [6, 6.07) is 14.9. The van der Waals surface area contributed by atoms with E-state index in [-0.39, 0.29) is 0 Å². The predicted molar refractivity (Wildman–Crippen MR) is 143 cm³/mol. The van der Waals surface area contributed by atoms with Gasteiger partial charge < -0.3 is 18.9 Å². The summed E-state index contributed by atoms with van der Waals surface area (Å²) in [5.74, 6) is 3.06. The van der Waals surface area contributed by atoms with Gasteiger partial charge in [0.2, 0.25) is 5.69 Å². The van der Waals surface area contributed by atoms with Crippen LogP contribution in [0.2, 0.25) is 0 Å². The average Bonchev–Trinajstić information content (AvgIpc) is 2.90. The summed E-state index contributed by atoms with van der Waals surface area (Å²) in [7, 11) is 5.08. The molecule has 1 aliphatic rings. The van der Waals surface area contributed by atoms with E-state index in [2.05, 4.69) is 67.9 Å². The molecule has 0 bridgehead atoms. The smallest absolute Gasteiger partial charge is 0.216 e. The predicted octanol–water partition coefficient (Wildman–Crippen LogP) is 6.13. The van der Waals surface area contributed by atoms with Crippen LogP contribution < -0.4 is 23.5 Å². The molecule has 0 N–H and O–H groups in total. The second-order valence-electron chi connectivity index (χ2n) is 9.39. The maximum absolute atomic E-state index is 6.52. The van der Waals surface area contributed by atoms with Gasteiger partial charge in [0, 0.05) is 17.4 Å². The molecule has 0 fully saturated rings. The van der Waals surface area contributed by atoms with Crippen molar-refractivity contribution in [2.24, 2.45) is 0 Å². The van der Waals surface area contributed by atoms with Crippen LogP contribution in [0.1, 0.15) is 34.7 Å². The molecule has 0 aliphatic carbocycles. The Kier molecular flexibility index (Phi) is 6.48. The molecule has 1 aromatic heterocycles. The maximum atomic E-state index is 6.52. The number of hydrogen-bond acceptors (Lipinski definition) is 4. The molecule has 0 saturated heterocycles. The van der Waals surface area contributed by atoms with E-state index in [9.17, 15) is 0 Å². The highest BCUT2D eigenvalue weighted by Gasteiger charge is 2.31. The van der Waals surface area contributed by atoms with Gasteiger partial charge in [-0.2, -0.15) is 4.57 Å². The summed E-state index contributed by atoms with van der Waals surface area (Å²) < 4.78 is 25.9. The maximum Gasteiger partial charge on any atom is 0.216 e. The largest absolute Gasteiger partial charge is 0.493 e. The minimum absolute atomic E-state index is 0.492. The number of rotatable bonds is 7. The van der Waals surface area contributed by atoms with Crippen LogP contribution in [0.25, 0.3) is 22.0 Å². The molecule has 1 aliphatic heterocycles. The first-order valence-corrected chi connectivity index (χ1v) is 12.5. The van der Waals surface area contributed by atoms with Gasteiger partial charge >= 0.3 is 0 Å². The van der Waals surface area contributed by atoms with Crippen molar-refractivity contribution in [1.82, 2.24) is 0 Å². The number of benzene rings is 3. The monoisotopic (exact) mass is 484 g/mol. The highest BCUT2D eigenvalue weighted by Crippen LogP contribution is 2.42. The molecule has 5 nitrogen and oxygen atoms in total. The fraction of sp³-hybridized carbons (Fsp3) is 0.323. The molecule has 0 unspecified atom stereocenters. The van der Waals surface area contributed by atoms with Crippen molar-refractivity contribution in [2.75, 3.05) is 21.3 Å². The number of aryl methyl sites for hydroxylation is 5. The van der Waals surface area contributed by atoms with E-state index in [4.69, 9.17) is 18.9 Å². The van der Waals surface area contributed by atoms with Crippen molar-refractivity contribution in [3.8, 4) is 34.3 Å². The Labute approximate surface area is 213 Å². The van der Waals surface area contributed by atoms with Crippen molar-refractivity contribution in [2.45, 2.75) is 46.8 Å². The van der Waals surface area contributed by atoms with Gasteiger partial charge in [0.05, 0.1) is 32.3 Å². The first-order valence-electron chi connectivity index (χ1n) is 12.5. The van der Waals surface area contributed by atoms with E-state index in [0.29, 0.717) is 6.61 Å². The lowest BCUT2D eigenvalue weighted by molar-refractivity contribution is -0.686. The van der Waals surface area contributed by atoms with Crippen LogP contribution in [0.4, 0.5) is 0 Å². The Hall–Kier alpha value is -3.73. The quantitative estimate of drug-likeness (QED) is 0.296. The normalized spacial score (nSPS) is 12.2. The summed E-state index contributed by atoms with van der Waals surface area (Å²) in [5.41, 5.74) is 8.64. The highest BCUT2D eigenvalue weighted by atomic mass is 16.5. The van der Waals surface area contributed by atoms with Crippen molar-refractivity contribution in [3.05, 3.63) is 76.5 Å². The van der Waals surface area contributed by atoms with Crippen LogP contribution in [0, 0.1) is 13.8 Å². The Morgan fingerprint density at radius 1 is 0.833 bits per heavy atom. The molecule has 186 valence electrons. The average molecular weight is 485 g/mol. The van der Waals surface area contributed by atoms with E-state index < -0.39 is 0 Å². The topological polar surface area (TPSA) is 40.8 Å². The first kappa shape index (κ1) is 24.0. The highest BCUT2D eigenvalue weighted by molar-refractivity contribution is 5.95. The third-order valence-electron chi connectivity index (χ3n) is 7.28. The SMILES string of the molecule is CCc1c2[n+](cc3c(OCc4cc(C)ccc4C)c(OC)ccc13)CCc1cc(OC)c(OC)cc1-2. The number of ether oxygens (including phenoxy) is 4. The van der Waals surface area contributed by atoms with E-state index >= 15 is 0 Å². The van der Waals surface area contributed by atoms with Crippen LogP contribution >= 0.6 is 0 Å². The fourth-order valence-electron chi connectivity index (χ4n) is 5.35. The molecule has 0 saturated carbocycles. The van der Waals surface area contributed by atoms with Crippen LogP contribution in [0.15, 0.2) is 48.7 Å². The van der Waals surface area contributed by atoms with E-state index in [1.54, 1.807) is 21.3 Å². The molecule has 0 amide bonds. The first-order chi connectivity index (χ1) is 17.5. The lowest BCUT2D eigenvalue weighted by Crippen LogP contribution is -2.41. The molecule has 3 aromatic carbocycles. The van der Waals surface area contributed by atoms with Crippen molar-refractivity contribution in [1.29, 1.82) is 0 Å². The molecular weight excluding hydrogens is 450 g/mol. The van der Waals surface area contributed by atoms with E-state index in [1.165, 1.54) is 44.5 Å². The van der Waals surface area contributed by atoms with Crippen molar-refractivity contribution >= 4 is 10.8 Å². The number of aromatic nitrogens is 1. The summed E-state index contributed by atoms with van der Waals surface area (Å²) in [6.07, 6.45) is 4.04. The molecule has 0 radical (unpaired) electrons. The fourth-order valence-corrected chi connectivity index (χ4v) is 5.35. The van der Waals surface area contributed by atoms with Crippen LogP contribution in [0.5, 0.6) is 23.0 Å². The molecule has 5 rings (SSSR count). The minimum Gasteiger partial charge on any atom is -0.493 e. The number of methoxy groups -OCH3 is 3. The number of nitrogens with zero attached hydrogens (tertiary/aromatic N) is 1. The van der Waals surface area contributed by atoms with Crippen LogP contribution in [-0.2, 0) is 26.0 Å². The number of pyridine rings is 1. The second-order valence-corrected chi connectivity index (χ2v) is 9.39. The third-order valence-corrected chi connectivity index (χ3v) is 7.28. The molecule has 0 spiro atoms. The zero-order valence-electron chi connectivity index (χ0n) is 22.0. The van der Waals surface area contributed by atoms with E-state index in [0.717, 1.165) is 47.8 Å². The number of fused-ring (bicyclic) bond motifs is 4. The van der Waals surface area contributed by atoms with Crippen LogP contribution in [-0.4, -0.2) is 21.3 Å². The molecule has 2 heterocycles.